The number of para-hydroxylation sites is 1. The number of amides is 1. The summed E-state index contributed by atoms with van der Waals surface area (Å²) < 4.78 is 7.26. The number of rotatable bonds is 8. The zero-order valence-electron chi connectivity index (χ0n) is 19.9. The number of ether oxygens (including phenoxy) is 1. The van der Waals surface area contributed by atoms with Gasteiger partial charge in [-0.3, -0.25) is 4.79 Å². The van der Waals surface area contributed by atoms with E-state index in [0.29, 0.717) is 12.8 Å². The molecule has 176 valence electrons. The smallest absolute Gasteiger partial charge is 0.221 e. The lowest BCUT2D eigenvalue weighted by Gasteiger charge is -2.19. The zero-order valence-corrected chi connectivity index (χ0v) is 19.9. The lowest BCUT2D eigenvalue weighted by Crippen LogP contribution is -2.31. The van der Waals surface area contributed by atoms with Crippen molar-refractivity contribution in [3.63, 3.8) is 0 Å². The second-order valence-corrected chi connectivity index (χ2v) is 8.56. The predicted molar refractivity (Wildman–Crippen MR) is 138 cm³/mol. The zero-order chi connectivity index (χ0) is 24.2. The fourth-order valence-corrected chi connectivity index (χ4v) is 4.53. The molecule has 0 radical (unpaired) electrons. The number of hydrogen-bond donors (Lipinski definition) is 2. The summed E-state index contributed by atoms with van der Waals surface area (Å²) in [4.78, 5) is 21.3. The number of hydrogen-bond acceptors (Lipinski definition) is 3. The van der Waals surface area contributed by atoms with Crippen LogP contribution in [0.15, 0.2) is 91.3 Å². The molecule has 0 aliphatic heterocycles. The fraction of sp³-hybridized carbons (Fsp3) is 0.172. The third-order valence-corrected chi connectivity index (χ3v) is 6.35. The van der Waals surface area contributed by atoms with Crippen LogP contribution in [0.25, 0.3) is 22.2 Å². The highest BCUT2D eigenvalue weighted by Gasteiger charge is 2.21. The maximum absolute atomic E-state index is 13.2. The second-order valence-electron chi connectivity index (χ2n) is 8.56. The van der Waals surface area contributed by atoms with Crippen LogP contribution in [-0.2, 0) is 18.3 Å². The van der Waals surface area contributed by atoms with Gasteiger partial charge in [0.1, 0.15) is 17.6 Å². The Bertz CT molecular complexity index is 1430. The van der Waals surface area contributed by atoms with Crippen LogP contribution in [0.3, 0.4) is 0 Å². The van der Waals surface area contributed by atoms with E-state index in [9.17, 15) is 4.79 Å². The molecule has 2 N–H and O–H groups in total. The number of methoxy groups -OCH3 is 1. The molecule has 2 aromatic heterocycles. The maximum Gasteiger partial charge on any atom is 0.221 e. The fourth-order valence-electron chi connectivity index (χ4n) is 4.53. The number of aromatic amines is 1. The average Bonchev–Trinajstić information content (AvgIpc) is 3.50. The summed E-state index contributed by atoms with van der Waals surface area (Å²) >= 11 is 0. The first-order valence-electron chi connectivity index (χ1n) is 11.7. The first-order valence-corrected chi connectivity index (χ1v) is 11.7. The van der Waals surface area contributed by atoms with Gasteiger partial charge in [-0.25, -0.2) is 4.98 Å². The summed E-state index contributed by atoms with van der Waals surface area (Å²) in [7, 11) is 3.60. The van der Waals surface area contributed by atoms with Crippen LogP contribution in [-0.4, -0.2) is 27.6 Å². The van der Waals surface area contributed by atoms with Crippen molar-refractivity contribution in [2.75, 3.05) is 7.11 Å². The van der Waals surface area contributed by atoms with Gasteiger partial charge in [0.05, 0.1) is 7.11 Å². The average molecular weight is 465 g/mol. The maximum atomic E-state index is 13.2. The summed E-state index contributed by atoms with van der Waals surface area (Å²) in [5, 5.41) is 4.35. The molecule has 5 rings (SSSR count). The van der Waals surface area contributed by atoms with Crippen LogP contribution < -0.4 is 10.1 Å². The molecule has 0 fully saturated rings. The van der Waals surface area contributed by atoms with Gasteiger partial charge in [0.2, 0.25) is 5.91 Å². The van der Waals surface area contributed by atoms with Gasteiger partial charge in [0.25, 0.3) is 0 Å². The number of fused-ring (bicyclic) bond motifs is 1. The Labute approximate surface area is 204 Å². The molecule has 0 aliphatic rings. The van der Waals surface area contributed by atoms with Gasteiger partial charge in [-0.2, -0.15) is 0 Å². The summed E-state index contributed by atoms with van der Waals surface area (Å²) in [6, 6.07) is 25.9. The minimum Gasteiger partial charge on any atom is -0.497 e. The molecular weight excluding hydrogens is 436 g/mol. The third kappa shape index (κ3) is 4.68. The van der Waals surface area contributed by atoms with E-state index in [2.05, 4.69) is 27.4 Å². The molecule has 0 spiro atoms. The molecule has 6 heteroatoms. The number of benzene rings is 3. The molecular formula is C29H28N4O2. The highest BCUT2D eigenvalue weighted by atomic mass is 16.5. The Morgan fingerprint density at radius 3 is 2.49 bits per heavy atom. The van der Waals surface area contributed by atoms with Crippen LogP contribution >= 0.6 is 0 Å². The number of carbonyl (C=O) groups excluding carboxylic acids is 1. The van der Waals surface area contributed by atoms with Gasteiger partial charge in [-0.15, -0.1) is 0 Å². The van der Waals surface area contributed by atoms with Crippen molar-refractivity contribution in [2.24, 2.45) is 7.05 Å². The van der Waals surface area contributed by atoms with E-state index in [1.807, 2.05) is 84.5 Å². The van der Waals surface area contributed by atoms with Crippen molar-refractivity contribution in [3.8, 4) is 17.0 Å². The summed E-state index contributed by atoms with van der Waals surface area (Å²) in [6.45, 7) is 0. The molecule has 0 aliphatic carbocycles. The number of H-pyrrole nitrogens is 1. The molecule has 1 atom stereocenters. The number of nitrogens with zero attached hydrogens (tertiary/aromatic N) is 2. The predicted octanol–water partition coefficient (Wildman–Crippen LogP) is 5.42. The van der Waals surface area contributed by atoms with Crippen molar-refractivity contribution in [1.29, 1.82) is 0 Å². The van der Waals surface area contributed by atoms with E-state index in [-0.39, 0.29) is 11.9 Å². The van der Waals surface area contributed by atoms with Gasteiger partial charge >= 0.3 is 0 Å². The molecule has 1 amide bonds. The number of aryl methyl sites for hydroxylation is 2. The van der Waals surface area contributed by atoms with Gasteiger partial charge in [0, 0.05) is 42.5 Å². The molecule has 5 aromatic rings. The highest BCUT2D eigenvalue weighted by molar-refractivity contribution is 5.91. The van der Waals surface area contributed by atoms with Gasteiger partial charge < -0.3 is 19.6 Å². The summed E-state index contributed by atoms with van der Waals surface area (Å²) in [6.07, 6.45) is 4.62. The molecule has 2 heterocycles. The van der Waals surface area contributed by atoms with E-state index in [0.717, 1.165) is 44.9 Å². The SMILES string of the molecule is COc1ccc(-c2[nH]c3ccccc3c2CCC(=O)NC(c2ccccc2)c2nccn2C)cc1. The molecule has 0 saturated heterocycles. The monoisotopic (exact) mass is 464 g/mol. The summed E-state index contributed by atoms with van der Waals surface area (Å²) in [5.41, 5.74) is 5.29. The molecule has 0 bridgehead atoms. The van der Waals surface area contributed by atoms with Gasteiger partial charge in [0.15, 0.2) is 0 Å². The normalized spacial score (nSPS) is 11.9. The largest absolute Gasteiger partial charge is 0.497 e. The summed E-state index contributed by atoms with van der Waals surface area (Å²) in [5.74, 6) is 1.59. The van der Waals surface area contributed by atoms with E-state index in [1.165, 1.54) is 0 Å². The Balaban J connectivity index is 1.40. The van der Waals surface area contributed by atoms with Crippen molar-refractivity contribution >= 4 is 16.8 Å². The van der Waals surface area contributed by atoms with Crippen LogP contribution in [0.2, 0.25) is 0 Å². The molecule has 1 unspecified atom stereocenters. The van der Waals surface area contributed by atoms with E-state index >= 15 is 0 Å². The molecule has 0 saturated carbocycles. The number of carbonyl (C=O) groups is 1. The lowest BCUT2D eigenvalue weighted by molar-refractivity contribution is -0.121. The molecule has 3 aromatic carbocycles. The van der Waals surface area contributed by atoms with Crippen LogP contribution in [0.5, 0.6) is 5.75 Å². The number of nitrogens with one attached hydrogen (secondary N) is 2. The van der Waals surface area contributed by atoms with Crippen LogP contribution in [0.4, 0.5) is 0 Å². The standard InChI is InChI=1S/C29H28N4O2/c1-33-19-18-30-29(33)28(20-8-4-3-5-9-20)32-26(34)17-16-24-23-10-6-7-11-25(23)31-27(24)21-12-14-22(35-2)15-13-21/h3-15,18-19,28,31H,16-17H2,1-2H3,(H,32,34). The van der Waals surface area contributed by atoms with E-state index in [1.54, 1.807) is 13.3 Å². The van der Waals surface area contributed by atoms with Crippen LogP contribution in [0, 0.1) is 0 Å². The Morgan fingerprint density at radius 1 is 1.03 bits per heavy atom. The van der Waals surface area contributed by atoms with Crippen LogP contribution in [0.1, 0.15) is 29.4 Å². The molecule has 6 nitrogen and oxygen atoms in total. The van der Waals surface area contributed by atoms with Crippen molar-refractivity contribution in [2.45, 2.75) is 18.9 Å². The van der Waals surface area contributed by atoms with Crippen molar-refractivity contribution in [1.82, 2.24) is 19.9 Å². The first kappa shape index (κ1) is 22.5. The Morgan fingerprint density at radius 2 is 1.77 bits per heavy atom. The number of imidazole rings is 1. The van der Waals surface area contributed by atoms with Gasteiger partial charge in [-0.1, -0.05) is 48.5 Å². The lowest BCUT2D eigenvalue weighted by atomic mass is 10.0. The second kappa shape index (κ2) is 9.89. The van der Waals surface area contributed by atoms with E-state index < -0.39 is 0 Å². The minimum absolute atomic E-state index is 0.0205. The topological polar surface area (TPSA) is 71.9 Å². The Kier molecular flexibility index (Phi) is 6.35. The van der Waals surface area contributed by atoms with E-state index in [4.69, 9.17) is 4.74 Å². The highest BCUT2D eigenvalue weighted by Crippen LogP contribution is 2.32. The number of aromatic nitrogens is 3. The first-order chi connectivity index (χ1) is 17.1. The third-order valence-electron chi connectivity index (χ3n) is 6.35. The quantitative estimate of drug-likeness (QED) is 0.322. The molecule has 35 heavy (non-hydrogen) atoms. The minimum atomic E-state index is -0.312. The van der Waals surface area contributed by atoms with Crippen molar-refractivity contribution < 1.29 is 9.53 Å². The van der Waals surface area contributed by atoms with Gasteiger partial charge in [-0.05, 0) is 53.4 Å². The Hall–Kier alpha value is -4.32. The van der Waals surface area contributed by atoms with Crippen molar-refractivity contribution in [3.05, 3.63) is 108 Å².